The van der Waals surface area contributed by atoms with Crippen LogP contribution in [0.4, 0.5) is 0 Å². The summed E-state index contributed by atoms with van der Waals surface area (Å²) in [5, 5.41) is 1.75. The minimum Gasteiger partial charge on any atom is -0.378 e. The van der Waals surface area contributed by atoms with E-state index in [-0.39, 0.29) is 16.4 Å². The van der Waals surface area contributed by atoms with Crippen LogP contribution in [-0.2, 0) is 24.9 Å². The van der Waals surface area contributed by atoms with Crippen LogP contribution in [0, 0.1) is 0 Å². The Morgan fingerprint density at radius 1 is 1.03 bits per heavy atom. The minimum absolute atomic E-state index is 0.110. The lowest BCUT2D eigenvalue weighted by atomic mass is 10.1. The summed E-state index contributed by atoms with van der Waals surface area (Å²) >= 11 is 0. The molecule has 2 atom stereocenters. The minimum atomic E-state index is -3.95. The van der Waals surface area contributed by atoms with Gasteiger partial charge >= 0.3 is 15.9 Å². The van der Waals surface area contributed by atoms with Gasteiger partial charge in [0.05, 0.1) is 32.6 Å². The fourth-order valence-corrected chi connectivity index (χ4v) is 6.30. The second-order valence-electron chi connectivity index (χ2n) is 7.29. The van der Waals surface area contributed by atoms with Gasteiger partial charge in [0.15, 0.2) is 6.04 Å². The first-order valence-electron chi connectivity index (χ1n) is 9.59. The van der Waals surface area contributed by atoms with Gasteiger partial charge in [-0.2, -0.15) is 16.8 Å². The number of morpholine rings is 1. The summed E-state index contributed by atoms with van der Waals surface area (Å²) in [5.74, 6) is -0.390. The molecule has 1 saturated heterocycles. The molecule has 31 heavy (non-hydrogen) atoms. The van der Waals surface area contributed by atoms with Gasteiger partial charge in [-0.15, -0.1) is 5.01 Å². The molecular weight excluding hydrogens is 444 g/mol. The Hall–Kier alpha value is -2.15. The van der Waals surface area contributed by atoms with Crippen LogP contribution in [0.25, 0.3) is 0 Å². The first-order chi connectivity index (χ1) is 14.5. The molecule has 2 aromatic rings. The van der Waals surface area contributed by atoms with Crippen LogP contribution in [0.15, 0.2) is 59.5 Å². The number of benzene rings is 2. The summed E-state index contributed by atoms with van der Waals surface area (Å²) in [4.78, 5) is 13.7. The second kappa shape index (κ2) is 8.77. The number of quaternary nitrogens is 1. The Balaban J connectivity index is 0.000000491. The molecule has 2 aliphatic heterocycles. The van der Waals surface area contributed by atoms with Crippen LogP contribution >= 0.6 is 0 Å². The largest absolute Gasteiger partial charge is 0.383 e. The Morgan fingerprint density at radius 2 is 1.55 bits per heavy atom. The number of carbonyl (C=O) groups is 1. The number of nitrogens with zero attached hydrogens (tertiary/aromatic N) is 2. The number of ether oxygens (including phenoxy) is 1. The molecule has 9 nitrogen and oxygen atoms in total. The molecule has 0 aliphatic carbocycles. The Kier molecular flexibility index (Phi) is 6.65. The topological polar surface area (TPSA) is 118 Å². The molecule has 2 unspecified atom stereocenters. The van der Waals surface area contributed by atoms with E-state index in [2.05, 4.69) is 0 Å². The van der Waals surface area contributed by atoms with Gasteiger partial charge in [0.1, 0.15) is 10.5 Å². The number of sulfonamides is 1. The van der Waals surface area contributed by atoms with Crippen molar-refractivity contribution in [2.24, 2.45) is 0 Å². The fraction of sp³-hybridized carbons (Fsp3) is 0.350. The number of carbonyl (C=O) groups excluding carboxylic acids is 1. The quantitative estimate of drug-likeness (QED) is 0.535. The van der Waals surface area contributed by atoms with Gasteiger partial charge in [0.2, 0.25) is 0 Å². The number of hydrogen-bond acceptors (Lipinski definition) is 7. The van der Waals surface area contributed by atoms with Crippen LogP contribution in [0.3, 0.4) is 0 Å². The normalized spacial score (nSPS) is 24.0. The summed E-state index contributed by atoms with van der Waals surface area (Å²) in [6.07, 6.45) is 0.715. The van der Waals surface area contributed by atoms with Crippen molar-refractivity contribution in [1.82, 2.24) is 5.01 Å². The molecule has 2 aromatic carbocycles. The van der Waals surface area contributed by atoms with Crippen LogP contribution in [0.1, 0.15) is 28.9 Å². The zero-order valence-corrected chi connectivity index (χ0v) is 18.8. The molecular formula is C20H25N2O7S2+. The number of fused-ring (bicyclic) bond motifs is 1. The van der Waals surface area contributed by atoms with Crippen LogP contribution < -0.4 is 0 Å². The summed E-state index contributed by atoms with van der Waals surface area (Å²) in [6, 6.07) is 15.3. The van der Waals surface area contributed by atoms with Crippen molar-refractivity contribution < 1.29 is 34.9 Å². The lowest BCUT2D eigenvalue weighted by Gasteiger charge is -2.43. The van der Waals surface area contributed by atoms with Crippen molar-refractivity contribution in [3.8, 4) is 0 Å². The first kappa shape index (κ1) is 23.5. The monoisotopic (exact) mass is 469 g/mol. The van der Waals surface area contributed by atoms with Gasteiger partial charge in [-0.05, 0) is 19.1 Å². The zero-order valence-electron chi connectivity index (χ0n) is 17.2. The first-order valence-corrected chi connectivity index (χ1v) is 12.9. The maximum Gasteiger partial charge on any atom is 0.383 e. The van der Waals surface area contributed by atoms with E-state index in [1.54, 1.807) is 23.2 Å². The molecule has 1 N–H and O–H groups in total. The summed E-state index contributed by atoms with van der Waals surface area (Å²) in [5.41, 5.74) is 1.07. The van der Waals surface area contributed by atoms with Crippen LogP contribution in [-0.4, -0.2) is 68.9 Å². The predicted molar refractivity (Wildman–Crippen MR) is 113 cm³/mol. The lowest BCUT2D eigenvalue weighted by Crippen LogP contribution is -2.66. The van der Waals surface area contributed by atoms with E-state index < -0.39 is 30.2 Å². The average molecular weight is 470 g/mol. The van der Waals surface area contributed by atoms with Crippen molar-refractivity contribution in [2.45, 2.75) is 17.9 Å². The van der Waals surface area contributed by atoms with E-state index in [1.807, 2.05) is 37.3 Å². The van der Waals surface area contributed by atoms with Crippen LogP contribution in [0.2, 0.25) is 0 Å². The molecule has 0 bridgehead atoms. The second-order valence-corrected chi connectivity index (χ2v) is 10.7. The number of hydrogen-bond donors (Lipinski definition) is 1. The van der Waals surface area contributed by atoms with E-state index in [1.165, 1.54) is 6.07 Å². The molecule has 2 aliphatic rings. The molecule has 168 valence electrons. The van der Waals surface area contributed by atoms with Crippen molar-refractivity contribution in [3.63, 3.8) is 0 Å². The maximum absolute atomic E-state index is 13.7. The summed E-state index contributed by atoms with van der Waals surface area (Å²) in [6.45, 7) is 3.39. The SMILES string of the molecule is CC(c1ccccc1)[N+]1(N2CCOCC2)C(=O)c2ccccc2S1(=O)=O.CS(=O)(=O)O. The molecule has 4 rings (SSSR count). The van der Waals surface area contributed by atoms with Gasteiger partial charge in [-0.1, -0.05) is 46.5 Å². The molecule has 1 fully saturated rings. The molecule has 0 saturated carbocycles. The molecule has 11 heteroatoms. The third-order valence-corrected chi connectivity index (χ3v) is 7.63. The predicted octanol–water partition coefficient (Wildman–Crippen LogP) is 1.86. The van der Waals surface area contributed by atoms with Gasteiger partial charge in [-0.25, -0.2) is 4.79 Å². The van der Waals surface area contributed by atoms with Gasteiger partial charge < -0.3 is 4.74 Å². The maximum atomic E-state index is 13.7. The van der Waals surface area contributed by atoms with Crippen molar-refractivity contribution >= 4 is 26.0 Å². The van der Waals surface area contributed by atoms with Gasteiger partial charge in [0, 0.05) is 5.56 Å². The highest BCUT2D eigenvalue weighted by Crippen LogP contribution is 2.46. The smallest absolute Gasteiger partial charge is 0.378 e. The standard InChI is InChI=1S/C19H21N2O4S.CH4O3S/c1-15(16-7-3-2-4-8-16)21(20-11-13-25-14-12-20)19(22)17-9-5-6-10-18(17)26(21,23)24;1-5(2,3)4/h2-10,15H,11-14H2,1H3;1H3,(H,2,3,4)/q+1;. The van der Waals surface area contributed by atoms with Crippen molar-refractivity contribution in [1.29, 1.82) is 0 Å². The Labute approximate surface area is 182 Å². The van der Waals surface area contributed by atoms with Gasteiger partial charge in [-0.3, -0.25) is 4.55 Å². The van der Waals surface area contributed by atoms with Crippen molar-refractivity contribution in [3.05, 3.63) is 65.7 Å². The highest BCUT2D eigenvalue weighted by atomic mass is 32.2. The summed E-state index contributed by atoms with van der Waals surface area (Å²) in [7, 11) is -7.61. The third-order valence-electron chi connectivity index (χ3n) is 5.27. The Morgan fingerprint density at radius 3 is 2.10 bits per heavy atom. The van der Waals surface area contributed by atoms with E-state index >= 15 is 0 Å². The van der Waals surface area contributed by atoms with Gasteiger partial charge in [0.25, 0.3) is 10.1 Å². The van der Waals surface area contributed by atoms with E-state index in [4.69, 9.17) is 9.29 Å². The highest BCUT2D eigenvalue weighted by Gasteiger charge is 2.65. The molecule has 1 amide bonds. The highest BCUT2D eigenvalue weighted by molar-refractivity contribution is 7.86. The fourth-order valence-electron chi connectivity index (χ4n) is 3.99. The number of rotatable bonds is 3. The van der Waals surface area contributed by atoms with E-state index in [0.29, 0.717) is 32.6 Å². The zero-order chi connectivity index (χ0) is 22.9. The Bertz CT molecular complexity index is 1150. The molecule has 0 radical (unpaired) electrons. The average Bonchev–Trinajstić information content (AvgIpc) is 2.91. The number of amides is 1. The molecule has 2 heterocycles. The third kappa shape index (κ3) is 4.29. The lowest BCUT2D eigenvalue weighted by molar-refractivity contribution is -0.881. The molecule has 0 aromatic heterocycles. The summed E-state index contributed by atoms with van der Waals surface area (Å²) < 4.78 is 58.0. The van der Waals surface area contributed by atoms with Crippen LogP contribution in [0.5, 0.6) is 0 Å². The van der Waals surface area contributed by atoms with E-state index in [0.717, 1.165) is 5.56 Å². The van der Waals surface area contributed by atoms with Crippen molar-refractivity contribution in [2.75, 3.05) is 32.6 Å². The molecule has 0 spiro atoms. The van der Waals surface area contributed by atoms with E-state index in [9.17, 15) is 21.6 Å².